The minimum Gasteiger partial charge on any atom is -0.492 e. The number of esters is 1. The van der Waals surface area contributed by atoms with E-state index in [1.165, 1.54) is 20.2 Å². The summed E-state index contributed by atoms with van der Waals surface area (Å²) in [5.74, 6) is -5.47. The molecular formula is C54H88N4O17. The Morgan fingerprint density at radius 1 is 0.880 bits per heavy atom. The zero-order chi connectivity index (χ0) is 56.1. The monoisotopic (exact) mass is 1060 g/mol. The zero-order valence-electron chi connectivity index (χ0n) is 47.1. The van der Waals surface area contributed by atoms with Gasteiger partial charge >= 0.3 is 11.9 Å². The van der Waals surface area contributed by atoms with E-state index in [0.29, 0.717) is 30.8 Å². The summed E-state index contributed by atoms with van der Waals surface area (Å²) in [4.78, 5) is 55.3. The van der Waals surface area contributed by atoms with E-state index in [4.69, 9.17) is 42.6 Å². The number of rotatable bonds is 18. The number of pyridine rings is 1. The zero-order valence-corrected chi connectivity index (χ0v) is 47.1. The number of aliphatic hydroxyl groups excluding tert-OH is 2. The Bertz CT molecular complexity index is 2300. The SMILES string of the molecule is CC[C@H]1OC(=O)[C@H](C)[C@@H](O[C@H]2C[C@@](C)(OC)[C@@H](OCCNCCOc3ccc4c(=O)c(C(=O)O)cn(N(C)C)c4c3)[C@H](C)O2)[C@H](C)[C@@H](O[C@@H]2O[C@H](C)C[C@H](N(C)C)[C@H]2O)[C@](C)(OC)C[C@@H](C)C(=O)[C@@H](C)[C@@H](O)[C@]1(C)O. The first-order valence-corrected chi connectivity index (χ1v) is 26.3. The molecule has 0 amide bonds. The van der Waals surface area contributed by atoms with Crippen LogP contribution in [0.4, 0.5) is 0 Å². The number of aromatic nitrogens is 1. The third-order valence-electron chi connectivity index (χ3n) is 16.0. The van der Waals surface area contributed by atoms with Crippen molar-refractivity contribution in [3.05, 3.63) is 40.2 Å². The van der Waals surface area contributed by atoms with Gasteiger partial charge in [-0.15, -0.1) is 0 Å². The Balaban J connectivity index is 1.36. The van der Waals surface area contributed by atoms with Gasteiger partial charge in [-0.05, 0) is 87.0 Å². The van der Waals surface area contributed by atoms with E-state index in [0.717, 1.165) is 0 Å². The summed E-state index contributed by atoms with van der Waals surface area (Å²) in [6, 6.07) is 4.57. The highest BCUT2D eigenvalue weighted by Gasteiger charge is 2.54. The first-order valence-electron chi connectivity index (χ1n) is 26.3. The van der Waals surface area contributed by atoms with E-state index in [1.54, 1.807) is 83.7 Å². The van der Waals surface area contributed by atoms with E-state index in [-0.39, 0.29) is 61.4 Å². The number of hydrogen-bond acceptors (Lipinski definition) is 19. The maximum Gasteiger partial charge on any atom is 0.341 e. The molecular weight excluding hydrogens is 977 g/mol. The maximum absolute atomic E-state index is 14.6. The molecule has 21 heteroatoms. The molecule has 0 unspecified atom stereocenters. The number of nitrogens with zero attached hydrogens (tertiary/aromatic N) is 3. The fraction of sp³-hybridized carbons (Fsp3) is 0.778. The number of fused-ring (bicyclic) bond motifs is 1. The number of ether oxygens (including phenoxy) is 9. The number of Topliss-reactive ketones (excluding diaryl/α,β-unsaturated/α-hetero) is 1. The van der Waals surface area contributed by atoms with Gasteiger partial charge in [0.05, 0.1) is 59.8 Å². The first-order chi connectivity index (χ1) is 35.1. The standard InChI is InChI=1S/C54H88N4O17/c1-17-40-54(10,66)46(62)31(4)42(59)29(2)26-52(8,67-15)47(75-51-44(61)39(56(11)12)24-30(3)71-51)32(5)45(33(6)50(65)73-40)74-41-27-53(9,68-16)48(34(7)72-41)70-23-21-55-20-22-69-35-18-19-36-38(25-35)58(57(13)14)28-37(43(36)60)49(63)64/h18-19,25,28-34,39-41,44-48,51,55,61-62,66H,17,20-24,26-27H2,1-16H3,(H,63,64)/t29-,30-,31-,32+,33-,34+,39+,40-,41+,44-,45+,46-,47-,48+,51+,52-,53-,54-/m1/s1. The number of likely N-dealkylation sites (N-methyl/N-ethyl adjacent to an activating group) is 1. The third-order valence-corrected chi connectivity index (χ3v) is 16.0. The second-order valence-electron chi connectivity index (χ2n) is 22.1. The Kier molecular flexibility index (Phi) is 21.3. The van der Waals surface area contributed by atoms with Crippen LogP contribution in [0, 0.1) is 23.7 Å². The second kappa shape index (κ2) is 25.7. The molecule has 0 bridgehead atoms. The number of carbonyl (C=O) groups is 3. The van der Waals surface area contributed by atoms with Crippen LogP contribution < -0.4 is 20.5 Å². The number of hydrogen-bond donors (Lipinski definition) is 5. The summed E-state index contributed by atoms with van der Waals surface area (Å²) in [6.07, 6.45) is -7.32. The lowest BCUT2D eigenvalue weighted by Crippen LogP contribution is -2.61. The highest BCUT2D eigenvalue weighted by atomic mass is 16.7. The predicted octanol–water partition coefficient (Wildman–Crippen LogP) is 3.34. The highest BCUT2D eigenvalue weighted by Crippen LogP contribution is 2.42. The topological polar surface area (TPSA) is 256 Å². The molecule has 0 radical (unpaired) electrons. The van der Waals surface area contributed by atoms with Gasteiger partial charge < -0.3 is 78.3 Å². The van der Waals surface area contributed by atoms with Crippen molar-refractivity contribution in [2.24, 2.45) is 23.7 Å². The molecule has 426 valence electrons. The summed E-state index contributed by atoms with van der Waals surface area (Å²) >= 11 is 0. The number of cyclic esters (lactones) is 1. The number of aromatic carboxylic acids is 1. The molecule has 4 heterocycles. The van der Waals surface area contributed by atoms with Gasteiger partial charge in [-0.25, -0.2) is 4.79 Å². The normalized spacial score (nSPS) is 37.5. The van der Waals surface area contributed by atoms with Gasteiger partial charge in [0.1, 0.15) is 47.6 Å². The van der Waals surface area contributed by atoms with E-state index in [1.807, 2.05) is 46.7 Å². The minimum atomic E-state index is -2.01. The van der Waals surface area contributed by atoms with Crippen LogP contribution in [0.5, 0.6) is 5.75 Å². The number of benzene rings is 1. The summed E-state index contributed by atoms with van der Waals surface area (Å²) < 4.78 is 59.5. The van der Waals surface area contributed by atoms with Crippen LogP contribution in [-0.4, -0.2) is 201 Å². The van der Waals surface area contributed by atoms with Crippen LogP contribution in [0.2, 0.25) is 0 Å². The van der Waals surface area contributed by atoms with Crippen LogP contribution >= 0.6 is 0 Å². The third kappa shape index (κ3) is 13.9. The van der Waals surface area contributed by atoms with Crippen molar-refractivity contribution >= 4 is 28.6 Å². The van der Waals surface area contributed by atoms with Crippen LogP contribution in [0.25, 0.3) is 10.9 Å². The van der Waals surface area contributed by atoms with Gasteiger partial charge in [0.2, 0.25) is 5.43 Å². The smallest absolute Gasteiger partial charge is 0.341 e. The summed E-state index contributed by atoms with van der Waals surface area (Å²) in [6.45, 7) is 18.8. The lowest BCUT2D eigenvalue weighted by molar-refractivity contribution is -0.322. The van der Waals surface area contributed by atoms with Crippen molar-refractivity contribution in [2.45, 2.75) is 179 Å². The summed E-state index contributed by atoms with van der Waals surface area (Å²) in [5, 5.41) is 50.1. The van der Waals surface area contributed by atoms with Gasteiger partial charge in [-0.1, -0.05) is 27.7 Å². The Morgan fingerprint density at radius 3 is 2.12 bits per heavy atom. The molecule has 2 aromatic rings. The second-order valence-corrected chi connectivity index (χ2v) is 22.1. The molecule has 21 nitrogen and oxygen atoms in total. The Labute approximate surface area is 442 Å². The molecule has 75 heavy (non-hydrogen) atoms. The molecule has 18 atom stereocenters. The number of aliphatic hydroxyl groups is 3. The lowest BCUT2D eigenvalue weighted by atomic mass is 9.74. The van der Waals surface area contributed by atoms with Crippen molar-refractivity contribution in [3.63, 3.8) is 0 Å². The van der Waals surface area contributed by atoms with Crippen molar-refractivity contribution in [1.29, 1.82) is 0 Å². The predicted molar refractivity (Wildman–Crippen MR) is 278 cm³/mol. The number of methoxy groups -OCH3 is 2. The van der Waals surface area contributed by atoms with Gasteiger partial charge in [0, 0.05) is 89.3 Å². The van der Waals surface area contributed by atoms with Gasteiger partial charge in [-0.2, -0.15) is 0 Å². The van der Waals surface area contributed by atoms with Gasteiger partial charge in [0.25, 0.3) is 0 Å². The maximum atomic E-state index is 14.6. The molecule has 1 aromatic heterocycles. The van der Waals surface area contributed by atoms with E-state index >= 15 is 0 Å². The molecule has 3 fully saturated rings. The van der Waals surface area contributed by atoms with Crippen molar-refractivity contribution in [1.82, 2.24) is 14.9 Å². The Hall–Kier alpha value is -3.84. The fourth-order valence-electron chi connectivity index (χ4n) is 11.4. The largest absolute Gasteiger partial charge is 0.492 e. The summed E-state index contributed by atoms with van der Waals surface area (Å²) in [7, 11) is 10.3. The van der Waals surface area contributed by atoms with Crippen LogP contribution in [0.15, 0.2) is 29.2 Å². The van der Waals surface area contributed by atoms with E-state index in [2.05, 4.69) is 5.32 Å². The number of carboxylic acids is 1. The highest BCUT2D eigenvalue weighted by molar-refractivity contribution is 5.93. The van der Waals surface area contributed by atoms with Gasteiger partial charge in [0.15, 0.2) is 12.6 Å². The van der Waals surface area contributed by atoms with Crippen molar-refractivity contribution in [3.8, 4) is 5.75 Å². The molecule has 3 aliphatic heterocycles. The van der Waals surface area contributed by atoms with Crippen LogP contribution in [0.1, 0.15) is 105 Å². The number of nitrogens with one attached hydrogen (secondary N) is 1. The minimum absolute atomic E-state index is 0.0817. The number of ketones is 1. The number of carbonyl (C=O) groups excluding carboxylic acids is 2. The summed E-state index contributed by atoms with van der Waals surface area (Å²) in [5.41, 5.74) is -4.68. The number of carboxylic acid groups (broad SMARTS) is 1. The molecule has 3 saturated heterocycles. The lowest BCUT2D eigenvalue weighted by Gasteiger charge is -2.50. The molecule has 0 aliphatic carbocycles. The van der Waals surface area contributed by atoms with Crippen LogP contribution in [0.3, 0.4) is 0 Å². The molecule has 3 aliphatic rings. The average Bonchev–Trinajstić information content (AvgIpc) is 3.35. The fourth-order valence-corrected chi connectivity index (χ4v) is 11.4. The Morgan fingerprint density at radius 2 is 1.52 bits per heavy atom. The average molecular weight is 1070 g/mol. The molecule has 0 spiro atoms. The van der Waals surface area contributed by atoms with E-state index < -0.39 is 113 Å². The van der Waals surface area contributed by atoms with Crippen LogP contribution in [-0.2, 0) is 47.5 Å². The molecule has 5 N–H and O–H groups in total. The van der Waals surface area contributed by atoms with Crippen molar-refractivity contribution < 1.29 is 77.4 Å². The molecule has 5 rings (SSSR count). The van der Waals surface area contributed by atoms with Gasteiger partial charge in [-0.3, -0.25) is 19.1 Å². The van der Waals surface area contributed by atoms with E-state index in [9.17, 15) is 39.6 Å². The first kappa shape index (κ1) is 62.0. The molecule has 1 aromatic carbocycles. The molecule has 0 saturated carbocycles. The van der Waals surface area contributed by atoms with Crippen molar-refractivity contribution in [2.75, 3.05) is 73.7 Å². The quantitative estimate of drug-likeness (QED) is 0.106.